The summed E-state index contributed by atoms with van der Waals surface area (Å²) in [4.78, 5) is 9.01. The minimum Gasteiger partial charge on any atom is -0.316 e. The van der Waals surface area contributed by atoms with Crippen LogP contribution in [0.1, 0.15) is 29.8 Å². The molecule has 2 rings (SSSR count). The van der Waals surface area contributed by atoms with Crippen LogP contribution in [0.4, 0.5) is 0 Å². The maximum absolute atomic E-state index is 4.50. The highest BCUT2D eigenvalue weighted by molar-refractivity contribution is 7.99. The van der Waals surface area contributed by atoms with Crippen molar-refractivity contribution in [2.45, 2.75) is 38.8 Å². The Morgan fingerprint density at radius 3 is 2.41 bits per heavy atom. The number of hydrogen-bond donors (Lipinski definition) is 1. The van der Waals surface area contributed by atoms with E-state index in [0.717, 1.165) is 34.8 Å². The van der Waals surface area contributed by atoms with Gasteiger partial charge in [-0.15, -0.1) is 0 Å². The number of rotatable bonds is 6. The summed E-state index contributed by atoms with van der Waals surface area (Å²) in [5.74, 6) is 2.01. The molecule has 1 aromatic heterocycles. The van der Waals surface area contributed by atoms with E-state index < -0.39 is 0 Å². The third-order valence-electron chi connectivity index (χ3n) is 3.25. The quantitative estimate of drug-likeness (QED) is 0.479. The highest BCUT2D eigenvalue weighted by Gasteiger charge is 2.19. The maximum Gasteiger partial charge on any atom is 0.188 e. The standard InChI is InChI=1S/C13H21N3S/c1-9-10(2)15-13(16-11(9)3)17-7-6-14-8-12-4-5-12/h12,14H,4-8H2,1-3H3. The smallest absolute Gasteiger partial charge is 0.188 e. The lowest BCUT2D eigenvalue weighted by atomic mass is 10.2. The summed E-state index contributed by atoms with van der Waals surface area (Å²) in [7, 11) is 0. The number of aromatic nitrogens is 2. The highest BCUT2D eigenvalue weighted by Crippen LogP contribution is 2.27. The van der Waals surface area contributed by atoms with Crippen molar-refractivity contribution in [3.05, 3.63) is 17.0 Å². The molecule has 0 aromatic carbocycles. The van der Waals surface area contributed by atoms with E-state index >= 15 is 0 Å². The molecule has 0 radical (unpaired) electrons. The fourth-order valence-corrected chi connectivity index (χ4v) is 2.48. The number of nitrogens with one attached hydrogen (secondary N) is 1. The number of nitrogens with zero attached hydrogens (tertiary/aromatic N) is 2. The molecule has 3 nitrogen and oxygen atoms in total. The van der Waals surface area contributed by atoms with Crippen molar-refractivity contribution in [3.63, 3.8) is 0 Å². The van der Waals surface area contributed by atoms with Crippen LogP contribution in [-0.4, -0.2) is 28.8 Å². The SMILES string of the molecule is Cc1nc(SCCNCC2CC2)nc(C)c1C. The summed E-state index contributed by atoms with van der Waals surface area (Å²) in [5, 5.41) is 4.40. The predicted octanol–water partition coefficient (Wildman–Crippen LogP) is 2.49. The zero-order valence-corrected chi connectivity index (χ0v) is 11.7. The van der Waals surface area contributed by atoms with Crippen LogP contribution in [-0.2, 0) is 0 Å². The predicted molar refractivity (Wildman–Crippen MR) is 72.6 cm³/mol. The number of thioether (sulfide) groups is 1. The first-order valence-corrected chi connectivity index (χ1v) is 7.30. The number of aryl methyl sites for hydroxylation is 2. The van der Waals surface area contributed by atoms with Crippen LogP contribution in [0.5, 0.6) is 0 Å². The second-order valence-corrected chi connectivity index (χ2v) is 5.86. The van der Waals surface area contributed by atoms with Gasteiger partial charge in [0.2, 0.25) is 0 Å². The summed E-state index contributed by atoms with van der Waals surface area (Å²) in [6, 6.07) is 0. The lowest BCUT2D eigenvalue weighted by Crippen LogP contribution is -2.19. The molecular weight excluding hydrogens is 230 g/mol. The molecule has 17 heavy (non-hydrogen) atoms. The molecular formula is C13H21N3S. The summed E-state index contributed by atoms with van der Waals surface area (Å²) in [5.41, 5.74) is 3.41. The van der Waals surface area contributed by atoms with Crippen LogP contribution in [0.3, 0.4) is 0 Å². The third kappa shape index (κ3) is 3.96. The van der Waals surface area contributed by atoms with Crippen LogP contribution in [0.15, 0.2) is 5.16 Å². The summed E-state index contributed by atoms with van der Waals surface area (Å²) < 4.78 is 0. The zero-order valence-electron chi connectivity index (χ0n) is 10.9. The Hall–Kier alpha value is -0.610. The lowest BCUT2D eigenvalue weighted by Gasteiger charge is -2.07. The number of hydrogen-bond acceptors (Lipinski definition) is 4. The molecule has 0 atom stereocenters. The fourth-order valence-electron chi connectivity index (χ4n) is 1.65. The van der Waals surface area contributed by atoms with Crippen molar-refractivity contribution in [3.8, 4) is 0 Å². The van der Waals surface area contributed by atoms with Crippen LogP contribution in [0, 0.1) is 26.7 Å². The van der Waals surface area contributed by atoms with Crippen molar-refractivity contribution in [2.75, 3.05) is 18.8 Å². The Bertz CT molecular complexity index is 365. The van der Waals surface area contributed by atoms with Gasteiger partial charge in [-0.25, -0.2) is 9.97 Å². The monoisotopic (exact) mass is 251 g/mol. The fraction of sp³-hybridized carbons (Fsp3) is 0.692. The molecule has 0 amide bonds. The molecule has 0 unspecified atom stereocenters. The van der Waals surface area contributed by atoms with E-state index in [0.29, 0.717) is 0 Å². The molecule has 4 heteroatoms. The minimum atomic E-state index is 0.916. The van der Waals surface area contributed by atoms with Gasteiger partial charge >= 0.3 is 0 Å². The first-order valence-electron chi connectivity index (χ1n) is 6.32. The molecule has 1 fully saturated rings. The van der Waals surface area contributed by atoms with Gasteiger partial charge in [-0.3, -0.25) is 0 Å². The van der Waals surface area contributed by atoms with Gasteiger partial charge in [0.15, 0.2) is 5.16 Å². The average molecular weight is 251 g/mol. The zero-order chi connectivity index (χ0) is 12.3. The van der Waals surface area contributed by atoms with Crippen LogP contribution < -0.4 is 5.32 Å². The van der Waals surface area contributed by atoms with Crippen molar-refractivity contribution >= 4 is 11.8 Å². The van der Waals surface area contributed by atoms with E-state index in [1.54, 1.807) is 11.8 Å². The van der Waals surface area contributed by atoms with Gasteiger partial charge in [0.25, 0.3) is 0 Å². The lowest BCUT2D eigenvalue weighted by molar-refractivity contribution is 0.665. The second-order valence-electron chi connectivity index (χ2n) is 4.80. The molecule has 1 aliphatic rings. The van der Waals surface area contributed by atoms with Gasteiger partial charge in [-0.2, -0.15) is 0 Å². The van der Waals surface area contributed by atoms with Gasteiger partial charge in [-0.1, -0.05) is 11.8 Å². The van der Waals surface area contributed by atoms with E-state index in [2.05, 4.69) is 36.1 Å². The van der Waals surface area contributed by atoms with Gasteiger partial charge in [0.1, 0.15) is 0 Å². The molecule has 0 saturated heterocycles. The van der Waals surface area contributed by atoms with E-state index in [1.807, 2.05) is 0 Å². The Morgan fingerprint density at radius 2 is 1.82 bits per heavy atom. The molecule has 0 spiro atoms. The maximum atomic E-state index is 4.50. The minimum absolute atomic E-state index is 0.916. The Labute approximate surface area is 108 Å². The molecule has 0 aliphatic heterocycles. The van der Waals surface area contributed by atoms with Crippen molar-refractivity contribution in [1.29, 1.82) is 0 Å². The highest BCUT2D eigenvalue weighted by atomic mass is 32.2. The van der Waals surface area contributed by atoms with E-state index in [-0.39, 0.29) is 0 Å². The normalized spacial score (nSPS) is 15.2. The van der Waals surface area contributed by atoms with Gasteiger partial charge < -0.3 is 5.32 Å². The van der Waals surface area contributed by atoms with Crippen LogP contribution in [0.2, 0.25) is 0 Å². The van der Waals surface area contributed by atoms with E-state index in [4.69, 9.17) is 0 Å². The molecule has 0 bridgehead atoms. The summed E-state index contributed by atoms with van der Waals surface area (Å²) >= 11 is 1.74. The first kappa shape index (κ1) is 12.8. The van der Waals surface area contributed by atoms with Crippen molar-refractivity contribution in [2.24, 2.45) is 5.92 Å². The molecule has 1 saturated carbocycles. The van der Waals surface area contributed by atoms with Gasteiger partial charge in [0.05, 0.1) is 0 Å². The van der Waals surface area contributed by atoms with Gasteiger partial charge in [0, 0.05) is 23.7 Å². The third-order valence-corrected chi connectivity index (χ3v) is 4.10. The van der Waals surface area contributed by atoms with Crippen LogP contribution >= 0.6 is 11.8 Å². The molecule has 1 aliphatic carbocycles. The Balaban J connectivity index is 1.73. The summed E-state index contributed by atoms with van der Waals surface area (Å²) in [6.07, 6.45) is 2.83. The van der Waals surface area contributed by atoms with Gasteiger partial charge in [-0.05, 0) is 51.6 Å². The topological polar surface area (TPSA) is 37.8 Å². The molecule has 1 heterocycles. The first-order chi connectivity index (χ1) is 8.16. The molecule has 1 aromatic rings. The molecule has 94 valence electrons. The van der Waals surface area contributed by atoms with Crippen LogP contribution in [0.25, 0.3) is 0 Å². The Kier molecular flexibility index (Phi) is 4.40. The van der Waals surface area contributed by atoms with E-state index in [9.17, 15) is 0 Å². The molecule has 1 N–H and O–H groups in total. The summed E-state index contributed by atoms with van der Waals surface area (Å²) in [6.45, 7) is 8.43. The van der Waals surface area contributed by atoms with Crippen molar-refractivity contribution < 1.29 is 0 Å². The largest absolute Gasteiger partial charge is 0.316 e. The Morgan fingerprint density at radius 1 is 1.18 bits per heavy atom. The van der Waals surface area contributed by atoms with Crippen molar-refractivity contribution in [1.82, 2.24) is 15.3 Å². The second kappa shape index (κ2) is 5.83. The average Bonchev–Trinajstić information content (AvgIpc) is 3.09. The van der Waals surface area contributed by atoms with E-state index in [1.165, 1.54) is 24.9 Å².